The predicted octanol–water partition coefficient (Wildman–Crippen LogP) is 5.88. The van der Waals surface area contributed by atoms with Gasteiger partial charge in [0.25, 0.3) is 0 Å². The summed E-state index contributed by atoms with van der Waals surface area (Å²) in [6.45, 7) is 5.90. The normalized spacial score (nSPS) is 11.1. The van der Waals surface area contributed by atoms with Gasteiger partial charge in [0.05, 0.1) is 11.1 Å². The molecule has 0 saturated heterocycles. The predicted molar refractivity (Wildman–Crippen MR) is 108 cm³/mol. The lowest BCUT2D eigenvalue weighted by Gasteiger charge is -2.11. The third kappa shape index (κ3) is 3.04. The Kier molecular flexibility index (Phi) is 4.32. The van der Waals surface area contributed by atoms with Crippen LogP contribution in [0.25, 0.3) is 16.7 Å². The summed E-state index contributed by atoms with van der Waals surface area (Å²) in [6.07, 6.45) is 0. The molecule has 27 heavy (non-hydrogen) atoms. The average Bonchev–Trinajstić information content (AvgIpc) is 2.89. The maximum atomic E-state index is 14.3. The van der Waals surface area contributed by atoms with Crippen molar-refractivity contribution in [2.24, 2.45) is 0 Å². The van der Waals surface area contributed by atoms with Gasteiger partial charge in [-0.15, -0.1) is 0 Å². The van der Waals surface area contributed by atoms with Crippen molar-refractivity contribution in [2.45, 2.75) is 20.8 Å². The minimum atomic E-state index is -0.427. The van der Waals surface area contributed by atoms with E-state index >= 15 is 0 Å². The summed E-state index contributed by atoms with van der Waals surface area (Å²) in [5.74, 6) is 0.756. The Balaban J connectivity index is 1.95. The first-order valence-electron chi connectivity index (χ1n) is 8.59. The first kappa shape index (κ1) is 17.5. The van der Waals surface area contributed by atoms with Crippen LogP contribution in [-0.4, -0.2) is 14.5 Å². The molecule has 2 aromatic carbocycles. The van der Waals surface area contributed by atoms with Crippen molar-refractivity contribution in [2.75, 3.05) is 5.32 Å². The van der Waals surface area contributed by atoms with Crippen LogP contribution in [-0.2, 0) is 0 Å². The van der Waals surface area contributed by atoms with Crippen molar-refractivity contribution >= 4 is 34.1 Å². The van der Waals surface area contributed by atoms with Crippen molar-refractivity contribution in [3.05, 3.63) is 76.5 Å². The van der Waals surface area contributed by atoms with Crippen LogP contribution in [0.15, 0.2) is 48.5 Å². The Morgan fingerprint density at radius 1 is 1.00 bits per heavy atom. The molecule has 0 unspecified atom stereocenters. The second-order valence-electron chi connectivity index (χ2n) is 6.45. The zero-order valence-electron chi connectivity index (χ0n) is 15.2. The van der Waals surface area contributed by atoms with Crippen LogP contribution >= 0.6 is 11.6 Å². The fourth-order valence-electron chi connectivity index (χ4n) is 3.27. The summed E-state index contributed by atoms with van der Waals surface area (Å²) in [5, 5.41) is 4.34. The molecule has 4 rings (SSSR count). The molecule has 0 aliphatic heterocycles. The van der Waals surface area contributed by atoms with E-state index in [-0.39, 0.29) is 0 Å². The summed E-state index contributed by atoms with van der Waals surface area (Å²) >= 11 is 5.86. The average molecular weight is 381 g/mol. The molecular formula is C21H18ClFN4. The number of hydrogen-bond acceptors (Lipinski definition) is 3. The minimum absolute atomic E-state index is 0.323. The fourth-order valence-corrected chi connectivity index (χ4v) is 3.43. The number of aryl methyl sites for hydroxylation is 2. The molecule has 0 bridgehead atoms. The molecule has 0 fully saturated rings. The van der Waals surface area contributed by atoms with E-state index in [1.807, 2.05) is 51.1 Å². The number of nitrogens with one attached hydrogen (secondary N) is 1. The van der Waals surface area contributed by atoms with Gasteiger partial charge in [0.15, 0.2) is 5.65 Å². The summed E-state index contributed by atoms with van der Waals surface area (Å²) in [7, 11) is 0. The van der Waals surface area contributed by atoms with Gasteiger partial charge in [-0.2, -0.15) is 0 Å². The topological polar surface area (TPSA) is 42.7 Å². The van der Waals surface area contributed by atoms with Gasteiger partial charge >= 0.3 is 0 Å². The van der Waals surface area contributed by atoms with E-state index < -0.39 is 5.82 Å². The lowest BCUT2D eigenvalue weighted by molar-refractivity contribution is 0.632. The second kappa shape index (κ2) is 6.67. The monoisotopic (exact) mass is 380 g/mol. The highest BCUT2D eigenvalue weighted by molar-refractivity contribution is 6.30. The number of aromatic nitrogens is 3. The fraction of sp³-hybridized carbons (Fsp3) is 0.143. The summed E-state index contributed by atoms with van der Waals surface area (Å²) in [4.78, 5) is 9.20. The van der Waals surface area contributed by atoms with Crippen molar-refractivity contribution in [1.82, 2.24) is 14.5 Å². The van der Waals surface area contributed by atoms with Crippen LogP contribution < -0.4 is 5.32 Å². The van der Waals surface area contributed by atoms with E-state index in [1.54, 1.807) is 12.1 Å². The number of anilines is 2. The zero-order valence-corrected chi connectivity index (χ0v) is 16.0. The molecular weight excluding hydrogens is 363 g/mol. The van der Waals surface area contributed by atoms with E-state index in [9.17, 15) is 4.39 Å². The highest BCUT2D eigenvalue weighted by atomic mass is 35.5. The minimum Gasteiger partial charge on any atom is -0.337 e. The lowest BCUT2D eigenvalue weighted by atomic mass is 10.2. The van der Waals surface area contributed by atoms with Gasteiger partial charge in [0, 0.05) is 16.4 Å². The van der Waals surface area contributed by atoms with E-state index in [4.69, 9.17) is 11.6 Å². The van der Waals surface area contributed by atoms with Crippen molar-refractivity contribution in [1.29, 1.82) is 0 Å². The van der Waals surface area contributed by atoms with Gasteiger partial charge in [-0.1, -0.05) is 29.8 Å². The second-order valence-corrected chi connectivity index (χ2v) is 6.89. The highest BCUT2D eigenvalue weighted by Gasteiger charge is 2.19. The summed E-state index contributed by atoms with van der Waals surface area (Å²) < 4.78 is 16.4. The number of nitrogens with zero attached hydrogens (tertiary/aromatic N) is 3. The summed E-state index contributed by atoms with van der Waals surface area (Å²) in [6, 6.07) is 14.6. The first-order chi connectivity index (χ1) is 13.0. The largest absolute Gasteiger partial charge is 0.337 e. The van der Waals surface area contributed by atoms with Gasteiger partial charge in [0.2, 0.25) is 0 Å². The Morgan fingerprint density at radius 2 is 1.74 bits per heavy atom. The third-order valence-corrected chi connectivity index (χ3v) is 4.90. The van der Waals surface area contributed by atoms with Crippen molar-refractivity contribution in [3.63, 3.8) is 0 Å². The SMILES string of the molecule is Cc1nc(Nc2ccc(Cl)cc2F)c2c(C)c(C)n(-c3ccccc3)c2n1. The lowest BCUT2D eigenvalue weighted by Crippen LogP contribution is -2.02. The van der Waals surface area contributed by atoms with Gasteiger partial charge in [-0.05, 0) is 56.7 Å². The number of rotatable bonds is 3. The van der Waals surface area contributed by atoms with Gasteiger partial charge in [0.1, 0.15) is 17.5 Å². The summed E-state index contributed by atoms with van der Waals surface area (Å²) in [5.41, 5.74) is 4.25. The Labute approximate surface area is 161 Å². The molecule has 0 radical (unpaired) electrons. The number of halogens is 2. The maximum absolute atomic E-state index is 14.3. The van der Waals surface area contributed by atoms with Crippen molar-refractivity contribution in [3.8, 4) is 5.69 Å². The molecule has 0 aliphatic rings. The third-order valence-electron chi connectivity index (χ3n) is 4.67. The molecule has 2 aromatic heterocycles. The molecule has 0 atom stereocenters. The molecule has 2 heterocycles. The van der Waals surface area contributed by atoms with Crippen LogP contribution in [0.4, 0.5) is 15.9 Å². The van der Waals surface area contributed by atoms with Crippen LogP contribution in [0.2, 0.25) is 5.02 Å². The molecule has 4 nitrogen and oxygen atoms in total. The Bertz CT molecular complexity index is 1150. The Hall–Kier alpha value is -2.92. The van der Waals surface area contributed by atoms with E-state index in [0.717, 1.165) is 28.0 Å². The van der Waals surface area contributed by atoms with Gasteiger partial charge in [-0.25, -0.2) is 14.4 Å². The van der Waals surface area contributed by atoms with Crippen LogP contribution in [0.1, 0.15) is 17.1 Å². The number of hydrogen-bond donors (Lipinski definition) is 1. The zero-order chi connectivity index (χ0) is 19.1. The smallest absolute Gasteiger partial charge is 0.150 e. The molecule has 0 spiro atoms. The maximum Gasteiger partial charge on any atom is 0.150 e. The molecule has 0 amide bonds. The quantitative estimate of drug-likeness (QED) is 0.482. The van der Waals surface area contributed by atoms with E-state index in [2.05, 4.69) is 19.9 Å². The molecule has 6 heteroatoms. The highest BCUT2D eigenvalue weighted by Crippen LogP contribution is 2.33. The molecule has 4 aromatic rings. The van der Waals surface area contributed by atoms with Crippen LogP contribution in [0.3, 0.4) is 0 Å². The van der Waals surface area contributed by atoms with Gasteiger partial charge < -0.3 is 5.32 Å². The number of para-hydroxylation sites is 1. The molecule has 1 N–H and O–H groups in total. The van der Waals surface area contributed by atoms with Gasteiger partial charge in [-0.3, -0.25) is 4.57 Å². The van der Waals surface area contributed by atoms with E-state index in [0.29, 0.717) is 22.4 Å². The molecule has 0 aliphatic carbocycles. The van der Waals surface area contributed by atoms with Crippen molar-refractivity contribution < 1.29 is 4.39 Å². The standard InChI is InChI=1S/C21H18ClFN4/c1-12-13(2)27(16-7-5-4-6-8-16)21-19(12)20(24-14(3)25-21)26-18-10-9-15(22)11-17(18)23/h4-11H,1-3H3,(H,24,25,26). The molecule has 136 valence electrons. The number of benzene rings is 2. The van der Waals surface area contributed by atoms with Crippen LogP contribution in [0, 0.1) is 26.6 Å². The molecule has 0 saturated carbocycles. The van der Waals surface area contributed by atoms with Crippen LogP contribution in [0.5, 0.6) is 0 Å². The number of fused-ring (bicyclic) bond motifs is 1. The Morgan fingerprint density at radius 3 is 2.44 bits per heavy atom. The van der Waals surface area contributed by atoms with E-state index in [1.165, 1.54) is 6.07 Å². The first-order valence-corrected chi connectivity index (χ1v) is 8.97.